The van der Waals surface area contributed by atoms with Gasteiger partial charge in [0.15, 0.2) is 5.58 Å². The van der Waals surface area contributed by atoms with Gasteiger partial charge in [0.05, 0.1) is 5.69 Å². The fraction of sp³-hybridized carbons (Fsp3) is 0.211. The molecule has 132 valence electrons. The standard InChI is InChI=1S/C19H18N4O3/c1-11-15(21-18-10-14(25)7-8-23(11)18)5-3-13-4-6-16-17(9-13)26-19(22-16)20-12(2)24/h4,6-10,25H,3,5H2,1-2H3,(H,20,22,24). The van der Waals surface area contributed by atoms with Crippen molar-refractivity contribution in [2.24, 2.45) is 0 Å². The monoisotopic (exact) mass is 350 g/mol. The van der Waals surface area contributed by atoms with Gasteiger partial charge in [-0.05, 0) is 43.5 Å². The van der Waals surface area contributed by atoms with Gasteiger partial charge in [0, 0.05) is 24.9 Å². The normalized spacial score (nSPS) is 11.3. The van der Waals surface area contributed by atoms with Crippen LogP contribution in [0.25, 0.3) is 16.7 Å². The summed E-state index contributed by atoms with van der Waals surface area (Å²) in [6.45, 7) is 3.43. The van der Waals surface area contributed by atoms with E-state index >= 15 is 0 Å². The molecule has 26 heavy (non-hydrogen) atoms. The van der Waals surface area contributed by atoms with Crippen molar-refractivity contribution in [1.29, 1.82) is 0 Å². The second-order valence-electron chi connectivity index (χ2n) is 6.26. The lowest BCUT2D eigenvalue weighted by atomic mass is 10.1. The van der Waals surface area contributed by atoms with Gasteiger partial charge >= 0.3 is 6.01 Å². The quantitative estimate of drug-likeness (QED) is 0.589. The number of oxazole rings is 1. The highest BCUT2D eigenvalue weighted by atomic mass is 16.4. The second kappa shape index (κ2) is 6.18. The largest absolute Gasteiger partial charge is 0.508 e. The third-order valence-corrected chi connectivity index (χ3v) is 4.33. The highest BCUT2D eigenvalue weighted by molar-refractivity contribution is 5.88. The number of aromatic hydroxyl groups is 1. The Morgan fingerprint density at radius 3 is 2.88 bits per heavy atom. The number of benzene rings is 1. The second-order valence-corrected chi connectivity index (χ2v) is 6.26. The molecule has 1 amide bonds. The molecule has 7 heteroatoms. The molecule has 0 atom stereocenters. The molecule has 2 N–H and O–H groups in total. The highest BCUT2D eigenvalue weighted by Crippen LogP contribution is 2.22. The maximum absolute atomic E-state index is 11.1. The van der Waals surface area contributed by atoms with Crippen molar-refractivity contribution in [3.05, 3.63) is 53.5 Å². The number of amides is 1. The van der Waals surface area contributed by atoms with E-state index in [1.165, 1.54) is 6.92 Å². The number of hydrogen-bond donors (Lipinski definition) is 2. The number of fused-ring (bicyclic) bond motifs is 2. The van der Waals surface area contributed by atoms with Gasteiger partial charge in [-0.2, -0.15) is 4.98 Å². The van der Waals surface area contributed by atoms with Crippen LogP contribution in [-0.2, 0) is 17.6 Å². The van der Waals surface area contributed by atoms with Crippen molar-refractivity contribution in [3.8, 4) is 5.75 Å². The lowest BCUT2D eigenvalue weighted by Crippen LogP contribution is -2.05. The minimum absolute atomic E-state index is 0.208. The smallest absolute Gasteiger partial charge is 0.302 e. The lowest BCUT2D eigenvalue weighted by molar-refractivity contribution is -0.114. The third-order valence-electron chi connectivity index (χ3n) is 4.33. The van der Waals surface area contributed by atoms with Gasteiger partial charge in [0.1, 0.15) is 16.9 Å². The Balaban J connectivity index is 1.56. The average Bonchev–Trinajstić information content (AvgIpc) is 3.12. The van der Waals surface area contributed by atoms with Gasteiger partial charge in [-0.3, -0.25) is 10.1 Å². The van der Waals surface area contributed by atoms with Crippen LogP contribution in [-0.4, -0.2) is 25.4 Å². The molecule has 7 nitrogen and oxygen atoms in total. The maximum atomic E-state index is 11.1. The molecule has 0 radical (unpaired) electrons. The van der Waals surface area contributed by atoms with Crippen molar-refractivity contribution < 1.29 is 14.3 Å². The SMILES string of the molecule is CC(=O)Nc1nc2ccc(CCc3nc4cc(O)ccn4c3C)cc2o1. The van der Waals surface area contributed by atoms with Crippen LogP contribution in [0.5, 0.6) is 5.75 Å². The van der Waals surface area contributed by atoms with Gasteiger partial charge in [-0.25, -0.2) is 4.98 Å². The maximum Gasteiger partial charge on any atom is 0.302 e. The van der Waals surface area contributed by atoms with E-state index in [2.05, 4.69) is 15.3 Å². The molecular formula is C19H18N4O3. The summed E-state index contributed by atoms with van der Waals surface area (Å²) in [7, 11) is 0. The van der Waals surface area contributed by atoms with E-state index in [-0.39, 0.29) is 17.7 Å². The summed E-state index contributed by atoms with van der Waals surface area (Å²) in [6, 6.07) is 9.33. The van der Waals surface area contributed by atoms with E-state index in [1.54, 1.807) is 12.1 Å². The van der Waals surface area contributed by atoms with Crippen LogP contribution < -0.4 is 5.32 Å². The number of rotatable bonds is 4. The van der Waals surface area contributed by atoms with Crippen LogP contribution in [0.15, 0.2) is 40.9 Å². The molecule has 0 fully saturated rings. The summed E-state index contributed by atoms with van der Waals surface area (Å²) in [4.78, 5) is 19.9. The Bertz CT molecular complexity index is 1130. The first-order valence-corrected chi connectivity index (χ1v) is 8.33. The van der Waals surface area contributed by atoms with Crippen LogP contribution in [0.2, 0.25) is 0 Å². The number of aromatic nitrogens is 3. The van der Waals surface area contributed by atoms with Crippen LogP contribution in [0.3, 0.4) is 0 Å². The Labute approximate surface area is 149 Å². The summed E-state index contributed by atoms with van der Waals surface area (Å²) in [5, 5.41) is 12.1. The molecule has 0 saturated carbocycles. The van der Waals surface area contributed by atoms with Gasteiger partial charge < -0.3 is 13.9 Å². The zero-order chi connectivity index (χ0) is 18.3. The average molecular weight is 350 g/mol. The number of carbonyl (C=O) groups is 1. The van der Waals surface area contributed by atoms with Gasteiger partial charge in [0.25, 0.3) is 0 Å². The Morgan fingerprint density at radius 1 is 1.23 bits per heavy atom. The number of hydrogen-bond acceptors (Lipinski definition) is 5. The van der Waals surface area contributed by atoms with Crippen molar-refractivity contribution in [1.82, 2.24) is 14.4 Å². The van der Waals surface area contributed by atoms with E-state index in [1.807, 2.05) is 35.7 Å². The zero-order valence-electron chi connectivity index (χ0n) is 14.5. The molecular weight excluding hydrogens is 332 g/mol. The van der Waals surface area contributed by atoms with Crippen molar-refractivity contribution in [2.45, 2.75) is 26.7 Å². The summed E-state index contributed by atoms with van der Waals surface area (Å²) < 4.78 is 7.53. The van der Waals surface area contributed by atoms with E-state index in [9.17, 15) is 9.90 Å². The molecule has 0 aliphatic rings. The Kier molecular flexibility index (Phi) is 3.84. The molecule has 0 aliphatic heterocycles. The van der Waals surface area contributed by atoms with E-state index < -0.39 is 0 Å². The number of pyridine rings is 1. The molecule has 0 aliphatic carbocycles. The first kappa shape index (κ1) is 16.1. The van der Waals surface area contributed by atoms with Gasteiger partial charge in [0.2, 0.25) is 5.91 Å². The van der Waals surface area contributed by atoms with E-state index in [0.29, 0.717) is 11.1 Å². The van der Waals surface area contributed by atoms with Crippen molar-refractivity contribution in [3.63, 3.8) is 0 Å². The van der Waals surface area contributed by atoms with Crippen LogP contribution in [0, 0.1) is 6.92 Å². The summed E-state index contributed by atoms with van der Waals surface area (Å²) in [5.41, 5.74) is 5.24. The van der Waals surface area contributed by atoms with Crippen LogP contribution in [0.4, 0.5) is 6.01 Å². The predicted octanol–water partition coefficient (Wildman–Crippen LogP) is 3.23. The number of carbonyl (C=O) groups excluding carboxylic acids is 1. The summed E-state index contributed by atoms with van der Waals surface area (Å²) in [6.07, 6.45) is 3.38. The van der Waals surface area contributed by atoms with Crippen LogP contribution >= 0.6 is 0 Å². The fourth-order valence-corrected chi connectivity index (χ4v) is 3.03. The molecule has 0 spiro atoms. The van der Waals surface area contributed by atoms with Crippen molar-refractivity contribution in [2.75, 3.05) is 5.32 Å². The topological polar surface area (TPSA) is 92.7 Å². The van der Waals surface area contributed by atoms with Gasteiger partial charge in [-0.15, -0.1) is 0 Å². The van der Waals surface area contributed by atoms with Crippen molar-refractivity contribution >= 4 is 28.7 Å². The van der Waals surface area contributed by atoms with E-state index in [0.717, 1.165) is 35.4 Å². The number of aryl methyl sites for hydroxylation is 3. The fourth-order valence-electron chi connectivity index (χ4n) is 3.03. The number of imidazole rings is 1. The molecule has 4 aromatic rings. The third kappa shape index (κ3) is 2.99. The van der Waals surface area contributed by atoms with Gasteiger partial charge in [-0.1, -0.05) is 6.07 Å². The highest BCUT2D eigenvalue weighted by Gasteiger charge is 2.11. The molecule has 0 saturated heterocycles. The zero-order valence-corrected chi connectivity index (χ0v) is 14.5. The summed E-state index contributed by atoms with van der Waals surface area (Å²) in [5.74, 6) is -0.00932. The number of anilines is 1. The molecule has 0 unspecified atom stereocenters. The first-order valence-electron chi connectivity index (χ1n) is 8.33. The minimum atomic E-state index is -0.217. The molecule has 0 bridgehead atoms. The minimum Gasteiger partial charge on any atom is -0.508 e. The summed E-state index contributed by atoms with van der Waals surface area (Å²) >= 11 is 0. The molecule has 3 heterocycles. The number of nitrogens with one attached hydrogen (secondary N) is 1. The lowest BCUT2D eigenvalue weighted by Gasteiger charge is -2.01. The Hall–Kier alpha value is -3.35. The Morgan fingerprint density at radius 2 is 2.08 bits per heavy atom. The number of nitrogens with zero attached hydrogens (tertiary/aromatic N) is 3. The first-order chi connectivity index (χ1) is 12.5. The van der Waals surface area contributed by atoms with Crippen LogP contribution in [0.1, 0.15) is 23.9 Å². The molecule has 1 aromatic carbocycles. The van der Waals surface area contributed by atoms with E-state index in [4.69, 9.17) is 4.42 Å². The molecule has 3 aromatic heterocycles. The molecule has 4 rings (SSSR count). The predicted molar refractivity (Wildman–Crippen MR) is 97.3 cm³/mol.